The molecule has 4 rings (SSSR count). The number of hydrogen-bond acceptors (Lipinski definition) is 5. The lowest BCUT2D eigenvalue weighted by molar-refractivity contribution is -0.116. The predicted molar refractivity (Wildman–Crippen MR) is 170 cm³/mol. The van der Waals surface area contributed by atoms with Gasteiger partial charge in [0, 0.05) is 21.7 Å². The Hall–Kier alpha value is -4.60. The smallest absolute Gasteiger partial charge is 0.272 e. The van der Waals surface area contributed by atoms with Crippen molar-refractivity contribution in [3.8, 4) is 5.75 Å². The molecule has 0 saturated heterocycles. The monoisotopic (exact) mass is 617 g/mol. The zero-order valence-electron chi connectivity index (χ0n) is 23.4. The average Bonchev–Trinajstić information content (AvgIpc) is 3.01. The number of para-hydroxylation sites is 2. The number of carbonyl (C=O) groups is 3. The standard InChI is InChI=1S/C33H29ClFN3O4S/c1-3-30(33(41)37-27-17-7-8-18-29(27)42-2)43-23-14-9-13-22(19-23)36-32(40)28(20-24-25(34)15-10-16-26(24)35)38-31(39)21-11-5-4-6-12-21/h4-20,30H,3H2,1-2H3,(H,36,40)(H,37,41)(H,38,39)/b28-20+. The highest BCUT2D eigenvalue weighted by atomic mass is 35.5. The third-order valence-electron chi connectivity index (χ3n) is 6.22. The number of halogens is 2. The van der Waals surface area contributed by atoms with E-state index < -0.39 is 22.9 Å². The zero-order valence-corrected chi connectivity index (χ0v) is 25.0. The number of amides is 3. The van der Waals surface area contributed by atoms with Crippen molar-refractivity contribution in [2.24, 2.45) is 0 Å². The van der Waals surface area contributed by atoms with Crippen molar-refractivity contribution in [3.63, 3.8) is 0 Å². The largest absolute Gasteiger partial charge is 0.495 e. The molecule has 0 bridgehead atoms. The topological polar surface area (TPSA) is 96.5 Å². The minimum Gasteiger partial charge on any atom is -0.495 e. The van der Waals surface area contributed by atoms with Crippen LogP contribution in [0.4, 0.5) is 15.8 Å². The van der Waals surface area contributed by atoms with Crippen LogP contribution in [0.15, 0.2) is 108 Å². The third kappa shape index (κ3) is 8.47. The van der Waals surface area contributed by atoms with Gasteiger partial charge in [0.1, 0.15) is 17.3 Å². The minimum atomic E-state index is -0.688. The van der Waals surface area contributed by atoms with Crippen molar-refractivity contribution in [1.29, 1.82) is 0 Å². The van der Waals surface area contributed by atoms with Gasteiger partial charge in [-0.2, -0.15) is 0 Å². The second kappa shape index (κ2) is 15.0. The predicted octanol–water partition coefficient (Wildman–Crippen LogP) is 7.41. The number of carbonyl (C=O) groups excluding carboxylic acids is 3. The highest BCUT2D eigenvalue weighted by Crippen LogP contribution is 2.30. The molecular weight excluding hydrogens is 589 g/mol. The number of benzene rings is 4. The van der Waals surface area contributed by atoms with E-state index in [0.29, 0.717) is 29.1 Å². The lowest BCUT2D eigenvalue weighted by Crippen LogP contribution is -2.30. The lowest BCUT2D eigenvalue weighted by Gasteiger charge is -2.17. The van der Waals surface area contributed by atoms with Crippen LogP contribution >= 0.6 is 23.4 Å². The molecule has 43 heavy (non-hydrogen) atoms. The number of ether oxygens (including phenoxy) is 1. The van der Waals surface area contributed by atoms with Crippen molar-refractivity contribution in [1.82, 2.24) is 5.32 Å². The summed E-state index contributed by atoms with van der Waals surface area (Å²) in [6, 6.07) is 26.6. The Kier molecular flexibility index (Phi) is 11.0. The maximum Gasteiger partial charge on any atom is 0.272 e. The average molecular weight is 618 g/mol. The molecule has 0 aliphatic carbocycles. The fourth-order valence-electron chi connectivity index (χ4n) is 4.03. The fraction of sp³-hybridized carbons (Fsp3) is 0.121. The molecule has 7 nitrogen and oxygen atoms in total. The summed E-state index contributed by atoms with van der Waals surface area (Å²) in [7, 11) is 1.54. The number of rotatable bonds is 11. The van der Waals surface area contributed by atoms with Gasteiger partial charge in [-0.25, -0.2) is 4.39 Å². The van der Waals surface area contributed by atoms with E-state index >= 15 is 0 Å². The molecule has 0 aliphatic heterocycles. The number of hydrogen-bond donors (Lipinski definition) is 3. The maximum absolute atomic E-state index is 14.6. The molecule has 220 valence electrons. The summed E-state index contributed by atoms with van der Waals surface area (Å²) in [4.78, 5) is 40.1. The normalized spacial score (nSPS) is 11.8. The lowest BCUT2D eigenvalue weighted by atomic mass is 10.1. The Morgan fingerprint density at radius 3 is 2.37 bits per heavy atom. The molecule has 3 amide bonds. The van der Waals surface area contributed by atoms with E-state index in [1.165, 1.54) is 43.1 Å². The van der Waals surface area contributed by atoms with Crippen LogP contribution in [0.5, 0.6) is 5.75 Å². The van der Waals surface area contributed by atoms with Crippen LogP contribution in [0, 0.1) is 5.82 Å². The van der Waals surface area contributed by atoms with Crippen LogP contribution in [0.1, 0.15) is 29.3 Å². The summed E-state index contributed by atoms with van der Waals surface area (Å²) in [6.07, 6.45) is 1.74. The Labute approximate surface area is 258 Å². The van der Waals surface area contributed by atoms with E-state index in [-0.39, 0.29) is 22.2 Å². The van der Waals surface area contributed by atoms with E-state index in [4.69, 9.17) is 16.3 Å². The first-order valence-electron chi connectivity index (χ1n) is 13.3. The molecule has 3 N–H and O–H groups in total. The highest BCUT2D eigenvalue weighted by molar-refractivity contribution is 8.00. The molecule has 1 atom stereocenters. The van der Waals surface area contributed by atoms with Crippen molar-refractivity contribution in [2.75, 3.05) is 17.7 Å². The zero-order chi connectivity index (χ0) is 30.8. The molecule has 0 fully saturated rings. The van der Waals surface area contributed by atoms with Crippen LogP contribution in [0.2, 0.25) is 5.02 Å². The second-order valence-electron chi connectivity index (χ2n) is 9.20. The van der Waals surface area contributed by atoms with Gasteiger partial charge in [-0.15, -0.1) is 11.8 Å². The van der Waals surface area contributed by atoms with Gasteiger partial charge in [-0.3, -0.25) is 14.4 Å². The van der Waals surface area contributed by atoms with Crippen molar-refractivity contribution < 1.29 is 23.5 Å². The van der Waals surface area contributed by atoms with Gasteiger partial charge in [-0.05, 0) is 67.1 Å². The molecule has 4 aromatic carbocycles. The number of anilines is 2. The van der Waals surface area contributed by atoms with E-state index in [1.807, 2.05) is 25.1 Å². The Morgan fingerprint density at radius 1 is 0.930 bits per heavy atom. The minimum absolute atomic E-state index is 0.0427. The van der Waals surface area contributed by atoms with E-state index in [9.17, 15) is 18.8 Å². The van der Waals surface area contributed by atoms with E-state index in [2.05, 4.69) is 16.0 Å². The van der Waals surface area contributed by atoms with Crippen LogP contribution in [-0.4, -0.2) is 30.1 Å². The molecule has 0 saturated carbocycles. The van der Waals surface area contributed by atoms with Crippen LogP contribution in [0.25, 0.3) is 6.08 Å². The number of thioether (sulfide) groups is 1. The summed E-state index contributed by atoms with van der Waals surface area (Å²) >= 11 is 7.54. The summed E-state index contributed by atoms with van der Waals surface area (Å²) in [5.41, 5.74) is 1.05. The van der Waals surface area contributed by atoms with E-state index in [1.54, 1.807) is 60.7 Å². The molecule has 1 unspecified atom stereocenters. The van der Waals surface area contributed by atoms with Crippen LogP contribution in [-0.2, 0) is 9.59 Å². The first-order valence-corrected chi connectivity index (χ1v) is 14.6. The van der Waals surface area contributed by atoms with Gasteiger partial charge in [0.15, 0.2) is 0 Å². The van der Waals surface area contributed by atoms with Crippen LogP contribution in [0.3, 0.4) is 0 Å². The Morgan fingerprint density at radius 2 is 1.65 bits per heavy atom. The number of methoxy groups -OCH3 is 1. The summed E-state index contributed by atoms with van der Waals surface area (Å²) < 4.78 is 19.9. The number of nitrogens with one attached hydrogen (secondary N) is 3. The summed E-state index contributed by atoms with van der Waals surface area (Å²) in [6.45, 7) is 1.91. The summed E-state index contributed by atoms with van der Waals surface area (Å²) in [5, 5.41) is 7.89. The second-order valence-corrected chi connectivity index (χ2v) is 10.9. The molecule has 0 heterocycles. The molecule has 0 spiro atoms. The third-order valence-corrected chi connectivity index (χ3v) is 7.90. The van der Waals surface area contributed by atoms with Gasteiger partial charge in [0.2, 0.25) is 5.91 Å². The molecule has 0 aliphatic rings. The van der Waals surface area contributed by atoms with E-state index in [0.717, 1.165) is 4.90 Å². The van der Waals surface area contributed by atoms with Crippen molar-refractivity contribution in [2.45, 2.75) is 23.5 Å². The molecule has 4 aromatic rings. The Balaban J connectivity index is 1.53. The van der Waals surface area contributed by atoms with Crippen molar-refractivity contribution in [3.05, 3.63) is 125 Å². The van der Waals surface area contributed by atoms with Gasteiger partial charge >= 0.3 is 0 Å². The highest BCUT2D eigenvalue weighted by Gasteiger charge is 2.21. The first-order chi connectivity index (χ1) is 20.8. The molecular formula is C33H29ClFN3O4S. The molecule has 10 heteroatoms. The van der Waals surface area contributed by atoms with Gasteiger partial charge < -0.3 is 20.7 Å². The van der Waals surface area contributed by atoms with Crippen molar-refractivity contribution >= 4 is 58.5 Å². The van der Waals surface area contributed by atoms with Gasteiger partial charge in [0.25, 0.3) is 11.8 Å². The quantitative estimate of drug-likeness (QED) is 0.120. The summed E-state index contributed by atoms with van der Waals surface area (Å²) in [5.74, 6) is -1.53. The Bertz CT molecular complexity index is 1630. The SMILES string of the molecule is CCC(Sc1cccc(NC(=O)/C(=C\c2c(F)cccc2Cl)NC(=O)c2ccccc2)c1)C(=O)Nc1ccccc1OC. The maximum atomic E-state index is 14.6. The van der Waals surface area contributed by atoms with Gasteiger partial charge in [0.05, 0.1) is 23.1 Å². The fourth-order valence-corrected chi connectivity index (χ4v) is 5.26. The molecule has 0 aromatic heterocycles. The van der Waals surface area contributed by atoms with Crippen LogP contribution < -0.4 is 20.7 Å². The van der Waals surface area contributed by atoms with Gasteiger partial charge in [-0.1, -0.05) is 61.0 Å². The molecule has 0 radical (unpaired) electrons. The first kappa shape index (κ1) is 31.3.